The van der Waals surface area contributed by atoms with Crippen molar-refractivity contribution < 1.29 is 20.1 Å². The topological polar surface area (TPSA) is 140 Å². The first-order valence-corrected chi connectivity index (χ1v) is 12.4. The molecular weight excluding hydrogens is 397 g/mol. The Balaban J connectivity index is 0.000000545. The average Bonchev–Trinajstić information content (AvgIpc) is 3.04. The molecule has 22 heavy (non-hydrogen) atoms. The predicted molar refractivity (Wildman–Crippen MR) is 80.2 cm³/mol. The van der Waals surface area contributed by atoms with Crippen LogP contribution in [0.2, 0.25) is 9.88 Å². The van der Waals surface area contributed by atoms with E-state index in [1.165, 1.54) is 17.2 Å². The second-order valence-corrected chi connectivity index (χ2v) is 7.67. The molecule has 9 nitrogen and oxygen atoms in total. The Bertz CT molecular complexity index is 625. The number of aliphatic hydroxyl groups excluding tert-OH is 3. The van der Waals surface area contributed by atoms with E-state index in [-0.39, 0.29) is 27.0 Å². The molecule has 0 aromatic carbocycles. The molecule has 0 bridgehead atoms. The summed E-state index contributed by atoms with van der Waals surface area (Å²) in [5.74, 6) is 0.218. The van der Waals surface area contributed by atoms with Gasteiger partial charge < -0.3 is 25.8 Å². The number of anilines is 1. The number of fused-ring (bicyclic) bond motifs is 1. The molecule has 2 radical (unpaired) electrons. The van der Waals surface area contributed by atoms with E-state index in [9.17, 15) is 10.2 Å². The number of imidazole rings is 1. The van der Waals surface area contributed by atoms with Gasteiger partial charge in [0.25, 0.3) is 0 Å². The molecule has 4 atom stereocenters. The van der Waals surface area contributed by atoms with Gasteiger partial charge in [-0.2, -0.15) is 0 Å². The Labute approximate surface area is 137 Å². The monoisotopic (exact) mass is 417 g/mol. The van der Waals surface area contributed by atoms with Gasteiger partial charge in [-0.3, -0.25) is 4.57 Å². The Morgan fingerprint density at radius 2 is 1.95 bits per heavy atom. The van der Waals surface area contributed by atoms with Crippen LogP contribution in [0.25, 0.3) is 11.2 Å². The van der Waals surface area contributed by atoms with E-state index in [1.807, 2.05) is 0 Å². The fourth-order valence-electron chi connectivity index (χ4n) is 2.17. The molecule has 5 N–H and O–H groups in total. The third kappa shape index (κ3) is 3.18. The number of hydrogen-bond donors (Lipinski definition) is 4. The first-order chi connectivity index (χ1) is 10.5. The van der Waals surface area contributed by atoms with Crippen LogP contribution in [0.15, 0.2) is 12.7 Å². The molecule has 2 aromatic rings. The van der Waals surface area contributed by atoms with Crippen LogP contribution in [0.3, 0.4) is 0 Å². The van der Waals surface area contributed by atoms with E-state index < -0.39 is 31.1 Å². The van der Waals surface area contributed by atoms with E-state index in [0.29, 0.717) is 11.2 Å². The maximum atomic E-state index is 9.95. The van der Waals surface area contributed by atoms with E-state index >= 15 is 0 Å². The summed E-state index contributed by atoms with van der Waals surface area (Å²) >= 11 is 0.230. The summed E-state index contributed by atoms with van der Waals surface area (Å²) < 4.78 is 6.85. The molecule has 3 heterocycles. The SMILES string of the molecule is Nc1ncnc2c1ncn2C1OC(CO)C(O)C1O.[CH3][Sn][CH3]. The Morgan fingerprint density at radius 3 is 2.55 bits per heavy atom. The molecule has 4 unspecified atom stereocenters. The second-order valence-electron chi connectivity index (χ2n) is 4.81. The van der Waals surface area contributed by atoms with Gasteiger partial charge in [0.15, 0.2) is 17.7 Å². The standard InChI is InChI=1S/C10H13N5O4.2CH3.Sn/c11-8-5-9(13-2-12-8)15(3-14-5)10-7(18)6(17)4(1-16)19-10;;;/h2-4,6-7,10,16-18H,1H2,(H2,11,12,13);2*1H3;. The van der Waals surface area contributed by atoms with Gasteiger partial charge in [0.1, 0.15) is 30.2 Å². The van der Waals surface area contributed by atoms with Crippen LogP contribution in [0.1, 0.15) is 6.23 Å². The number of rotatable bonds is 2. The summed E-state index contributed by atoms with van der Waals surface area (Å²) in [4.78, 5) is 16.5. The van der Waals surface area contributed by atoms with Gasteiger partial charge in [-0.15, -0.1) is 0 Å². The van der Waals surface area contributed by atoms with Crippen LogP contribution in [0, 0.1) is 0 Å². The van der Waals surface area contributed by atoms with Crippen molar-refractivity contribution in [1.82, 2.24) is 19.5 Å². The van der Waals surface area contributed by atoms with Crippen molar-refractivity contribution in [3.05, 3.63) is 12.7 Å². The zero-order chi connectivity index (χ0) is 16.3. The van der Waals surface area contributed by atoms with Gasteiger partial charge >= 0.3 is 31.0 Å². The zero-order valence-corrected chi connectivity index (χ0v) is 15.1. The molecule has 10 heteroatoms. The first kappa shape index (κ1) is 17.3. The third-order valence-corrected chi connectivity index (χ3v) is 3.18. The van der Waals surface area contributed by atoms with E-state index in [1.54, 1.807) is 0 Å². The van der Waals surface area contributed by atoms with Crippen LogP contribution in [-0.4, -0.2) is 80.9 Å². The van der Waals surface area contributed by atoms with Crippen LogP contribution in [0.4, 0.5) is 5.82 Å². The molecule has 2 aromatic heterocycles. The molecule has 0 amide bonds. The third-order valence-electron chi connectivity index (χ3n) is 3.18. The Morgan fingerprint density at radius 1 is 1.27 bits per heavy atom. The number of nitrogen functional groups attached to an aromatic ring is 1. The minimum absolute atomic E-state index is 0.218. The molecule has 0 aliphatic carbocycles. The maximum absolute atomic E-state index is 9.95. The molecule has 1 aliphatic heterocycles. The van der Waals surface area contributed by atoms with Crippen LogP contribution in [0.5, 0.6) is 0 Å². The van der Waals surface area contributed by atoms with Crippen molar-refractivity contribution in [2.75, 3.05) is 12.3 Å². The molecule has 120 valence electrons. The molecule has 1 saturated heterocycles. The van der Waals surface area contributed by atoms with Crippen LogP contribution >= 0.6 is 0 Å². The van der Waals surface area contributed by atoms with E-state index in [0.717, 1.165) is 0 Å². The van der Waals surface area contributed by atoms with Crippen LogP contribution < -0.4 is 5.73 Å². The van der Waals surface area contributed by atoms with E-state index in [4.69, 9.17) is 15.6 Å². The van der Waals surface area contributed by atoms with Gasteiger partial charge in [-0.25, -0.2) is 15.0 Å². The normalized spacial score (nSPS) is 27.7. The van der Waals surface area contributed by atoms with E-state index in [2.05, 4.69) is 24.8 Å². The average molecular weight is 416 g/mol. The molecule has 3 rings (SSSR count). The van der Waals surface area contributed by atoms with Gasteiger partial charge in [0, 0.05) is 0 Å². The summed E-state index contributed by atoms with van der Waals surface area (Å²) in [7, 11) is 0. The first-order valence-electron chi connectivity index (χ1n) is 6.69. The number of nitrogens with zero attached hydrogens (tertiary/aromatic N) is 4. The summed E-state index contributed by atoms with van der Waals surface area (Å²) in [6.45, 7) is -0.390. The second kappa shape index (κ2) is 7.51. The Hall–Kier alpha value is -1.01. The Kier molecular flexibility index (Phi) is 5.92. The number of aliphatic hydroxyl groups is 3. The van der Waals surface area contributed by atoms with Crippen molar-refractivity contribution in [2.45, 2.75) is 34.4 Å². The molecule has 0 spiro atoms. The van der Waals surface area contributed by atoms with Crippen LogP contribution in [-0.2, 0) is 4.74 Å². The van der Waals surface area contributed by atoms with Crippen molar-refractivity contribution in [2.24, 2.45) is 0 Å². The predicted octanol–water partition coefficient (Wildman–Crippen LogP) is -1.19. The minimum atomic E-state index is -1.19. The van der Waals surface area contributed by atoms with Crippen molar-refractivity contribution >= 4 is 38.1 Å². The van der Waals surface area contributed by atoms with Gasteiger partial charge in [-0.05, 0) is 0 Å². The summed E-state index contributed by atoms with van der Waals surface area (Å²) in [5.41, 5.74) is 6.44. The van der Waals surface area contributed by atoms with Gasteiger partial charge in [0.2, 0.25) is 0 Å². The zero-order valence-electron chi connectivity index (χ0n) is 12.3. The summed E-state index contributed by atoms with van der Waals surface area (Å²) in [6.07, 6.45) is -1.42. The fraction of sp³-hybridized carbons (Fsp3) is 0.583. The van der Waals surface area contributed by atoms with Gasteiger partial charge in [0.05, 0.1) is 12.9 Å². The molecule has 1 aliphatic rings. The molecular formula is C12H19N5O4Sn. The number of hydrogen-bond acceptors (Lipinski definition) is 8. The van der Waals surface area contributed by atoms with Crippen molar-refractivity contribution in [1.29, 1.82) is 0 Å². The number of aromatic nitrogens is 4. The quantitative estimate of drug-likeness (QED) is 0.449. The van der Waals surface area contributed by atoms with Gasteiger partial charge in [-0.1, -0.05) is 0 Å². The fourth-order valence-corrected chi connectivity index (χ4v) is 2.17. The van der Waals surface area contributed by atoms with Crippen molar-refractivity contribution in [3.63, 3.8) is 0 Å². The number of nitrogens with two attached hydrogens (primary N) is 1. The molecule has 0 saturated carbocycles. The molecule has 1 fully saturated rings. The number of ether oxygens (including phenoxy) is 1. The summed E-state index contributed by atoms with van der Waals surface area (Å²) in [6, 6.07) is 0. The van der Waals surface area contributed by atoms with Crippen molar-refractivity contribution in [3.8, 4) is 0 Å². The summed E-state index contributed by atoms with van der Waals surface area (Å²) in [5, 5.41) is 28.7.